The first-order chi connectivity index (χ1) is 8.67. The number of pyridine rings is 1. The minimum Gasteiger partial charge on any atom is -0.389 e. The minimum atomic E-state index is -0.972. The number of aryl methyl sites for hydroxylation is 1. The normalized spacial score (nSPS) is 11.5. The van der Waals surface area contributed by atoms with Crippen molar-refractivity contribution >= 4 is 29.1 Å². The van der Waals surface area contributed by atoms with E-state index in [-0.39, 0.29) is 28.1 Å². The van der Waals surface area contributed by atoms with Crippen LogP contribution in [0.25, 0.3) is 0 Å². The zero-order valence-corrected chi connectivity index (χ0v) is 13.0. The number of likely N-dealkylation sites (N-methyl/N-ethyl adjacent to an activating group) is 1. The average Bonchev–Trinajstić information content (AvgIpc) is 2.31. The first-order valence-corrected chi connectivity index (χ1v) is 6.75. The van der Waals surface area contributed by atoms with Gasteiger partial charge < -0.3 is 10.0 Å². The fourth-order valence-corrected chi connectivity index (χ4v) is 2.08. The number of carbonyl (C=O) groups excluding carboxylic acids is 1. The van der Waals surface area contributed by atoms with E-state index in [1.165, 1.54) is 11.1 Å². The number of carbonyl (C=O) groups is 1. The van der Waals surface area contributed by atoms with Gasteiger partial charge in [-0.2, -0.15) is 0 Å². The number of rotatable bonds is 4. The maximum atomic E-state index is 12.4. The molecule has 0 aliphatic carbocycles. The van der Waals surface area contributed by atoms with E-state index in [4.69, 9.17) is 23.2 Å². The van der Waals surface area contributed by atoms with Crippen molar-refractivity contribution < 1.29 is 9.90 Å². The van der Waals surface area contributed by atoms with E-state index in [0.29, 0.717) is 12.2 Å². The predicted octanol–water partition coefficient (Wildman–Crippen LogP) is 2.93. The van der Waals surface area contributed by atoms with E-state index >= 15 is 0 Å². The third-order valence-electron chi connectivity index (χ3n) is 2.61. The minimum absolute atomic E-state index is 0.202. The van der Waals surface area contributed by atoms with Crippen molar-refractivity contribution in [1.29, 1.82) is 0 Å². The molecule has 106 valence electrons. The van der Waals surface area contributed by atoms with E-state index in [1.807, 2.05) is 6.92 Å². The Morgan fingerprint density at radius 1 is 1.42 bits per heavy atom. The summed E-state index contributed by atoms with van der Waals surface area (Å²) in [5.74, 6) is -0.288. The van der Waals surface area contributed by atoms with Gasteiger partial charge in [0.15, 0.2) is 0 Å². The highest BCUT2D eigenvalue weighted by molar-refractivity contribution is 6.44. The molecule has 0 radical (unpaired) electrons. The van der Waals surface area contributed by atoms with Gasteiger partial charge in [-0.05, 0) is 27.7 Å². The van der Waals surface area contributed by atoms with Crippen LogP contribution in [0.1, 0.15) is 36.8 Å². The van der Waals surface area contributed by atoms with Crippen LogP contribution in [0.2, 0.25) is 10.0 Å². The average molecular weight is 305 g/mol. The van der Waals surface area contributed by atoms with Crippen molar-refractivity contribution in [1.82, 2.24) is 9.88 Å². The summed E-state index contributed by atoms with van der Waals surface area (Å²) in [6.07, 6.45) is 1.42. The van der Waals surface area contributed by atoms with Crippen LogP contribution >= 0.6 is 23.2 Å². The Labute approximate surface area is 123 Å². The van der Waals surface area contributed by atoms with Crippen LogP contribution in [-0.2, 0) is 0 Å². The molecule has 0 aliphatic heterocycles. The van der Waals surface area contributed by atoms with Gasteiger partial charge in [-0.15, -0.1) is 0 Å². The summed E-state index contributed by atoms with van der Waals surface area (Å²) in [6, 6.07) is 0. The van der Waals surface area contributed by atoms with E-state index in [9.17, 15) is 9.90 Å². The Balaban J connectivity index is 3.08. The second kappa shape index (κ2) is 6.07. The number of amides is 1. The summed E-state index contributed by atoms with van der Waals surface area (Å²) < 4.78 is 0. The molecule has 0 aromatic carbocycles. The van der Waals surface area contributed by atoms with E-state index in [1.54, 1.807) is 20.8 Å². The molecular weight excluding hydrogens is 287 g/mol. The predicted molar refractivity (Wildman–Crippen MR) is 76.9 cm³/mol. The van der Waals surface area contributed by atoms with Crippen LogP contribution in [0.15, 0.2) is 6.20 Å². The van der Waals surface area contributed by atoms with Crippen LogP contribution in [0.3, 0.4) is 0 Å². The number of halogens is 2. The molecule has 4 nitrogen and oxygen atoms in total. The van der Waals surface area contributed by atoms with Gasteiger partial charge in [0.05, 0.1) is 26.9 Å². The number of aromatic nitrogens is 1. The van der Waals surface area contributed by atoms with Crippen LogP contribution in [0.5, 0.6) is 0 Å². The Morgan fingerprint density at radius 3 is 2.47 bits per heavy atom. The maximum Gasteiger partial charge on any atom is 0.257 e. The molecule has 0 atom stereocenters. The van der Waals surface area contributed by atoms with Gasteiger partial charge >= 0.3 is 0 Å². The highest BCUT2D eigenvalue weighted by Crippen LogP contribution is 2.28. The lowest BCUT2D eigenvalue weighted by atomic mass is 10.1. The molecule has 0 fully saturated rings. The molecule has 1 amide bonds. The Morgan fingerprint density at radius 2 is 2.00 bits per heavy atom. The SMILES string of the molecule is CCN(CC(C)(C)O)C(=O)c1cnc(C)c(Cl)c1Cl. The standard InChI is InChI=1S/C13H18Cl2N2O2/c1-5-17(7-13(3,4)19)12(18)9-6-16-8(2)10(14)11(9)15/h6,19H,5,7H2,1-4H3. The van der Waals surface area contributed by atoms with Crippen molar-refractivity contribution in [3.8, 4) is 0 Å². The molecule has 0 bridgehead atoms. The summed E-state index contributed by atoms with van der Waals surface area (Å²) in [7, 11) is 0. The summed E-state index contributed by atoms with van der Waals surface area (Å²) in [5.41, 5.74) is -0.141. The first-order valence-electron chi connectivity index (χ1n) is 5.99. The summed E-state index contributed by atoms with van der Waals surface area (Å²) in [5, 5.41) is 10.3. The molecule has 0 aliphatic rings. The molecule has 0 saturated carbocycles. The second-order valence-corrected chi connectivity index (χ2v) is 5.77. The van der Waals surface area contributed by atoms with E-state index < -0.39 is 5.60 Å². The lowest BCUT2D eigenvalue weighted by Crippen LogP contribution is -2.42. The molecule has 0 saturated heterocycles. The van der Waals surface area contributed by atoms with Gasteiger partial charge in [-0.1, -0.05) is 23.2 Å². The van der Waals surface area contributed by atoms with E-state index in [2.05, 4.69) is 4.98 Å². The van der Waals surface area contributed by atoms with E-state index in [0.717, 1.165) is 0 Å². The van der Waals surface area contributed by atoms with Crippen LogP contribution in [0, 0.1) is 6.92 Å². The molecule has 1 aromatic rings. The Bertz CT molecular complexity index is 484. The van der Waals surface area contributed by atoms with Gasteiger partial charge in [0.1, 0.15) is 0 Å². The third-order valence-corrected chi connectivity index (χ3v) is 3.56. The smallest absolute Gasteiger partial charge is 0.257 e. The summed E-state index contributed by atoms with van der Waals surface area (Å²) in [4.78, 5) is 17.9. The third kappa shape index (κ3) is 4.06. The molecule has 1 rings (SSSR count). The number of hydrogen-bond donors (Lipinski definition) is 1. The quantitative estimate of drug-likeness (QED) is 0.930. The van der Waals surface area contributed by atoms with Gasteiger partial charge in [-0.25, -0.2) is 0 Å². The molecule has 1 heterocycles. The fourth-order valence-electron chi connectivity index (χ4n) is 1.67. The Hall–Kier alpha value is -0.840. The van der Waals surface area contributed by atoms with Crippen LogP contribution < -0.4 is 0 Å². The van der Waals surface area contributed by atoms with Crippen LogP contribution in [-0.4, -0.2) is 39.6 Å². The highest BCUT2D eigenvalue weighted by Gasteiger charge is 2.25. The van der Waals surface area contributed by atoms with Crippen molar-refractivity contribution in [2.45, 2.75) is 33.3 Å². The molecule has 1 N–H and O–H groups in total. The molecule has 1 aromatic heterocycles. The van der Waals surface area contributed by atoms with Gasteiger partial charge in [0.2, 0.25) is 0 Å². The van der Waals surface area contributed by atoms with Crippen LogP contribution in [0.4, 0.5) is 0 Å². The lowest BCUT2D eigenvalue weighted by molar-refractivity contribution is 0.0314. The Kier molecular flexibility index (Phi) is 5.18. The zero-order chi connectivity index (χ0) is 14.8. The fraction of sp³-hybridized carbons (Fsp3) is 0.538. The first kappa shape index (κ1) is 16.2. The van der Waals surface area contributed by atoms with Crippen molar-refractivity contribution in [2.24, 2.45) is 0 Å². The zero-order valence-electron chi connectivity index (χ0n) is 11.5. The molecular formula is C13H18Cl2N2O2. The van der Waals surface area contributed by atoms with Gasteiger partial charge in [0, 0.05) is 19.3 Å². The van der Waals surface area contributed by atoms with Gasteiger partial charge in [0.25, 0.3) is 5.91 Å². The number of nitrogens with zero attached hydrogens (tertiary/aromatic N) is 2. The van der Waals surface area contributed by atoms with Crippen molar-refractivity contribution in [3.63, 3.8) is 0 Å². The molecule has 6 heteroatoms. The topological polar surface area (TPSA) is 53.4 Å². The molecule has 0 spiro atoms. The number of hydrogen-bond acceptors (Lipinski definition) is 3. The van der Waals surface area contributed by atoms with Crippen molar-refractivity contribution in [3.05, 3.63) is 27.5 Å². The largest absolute Gasteiger partial charge is 0.389 e. The molecule has 0 unspecified atom stereocenters. The van der Waals surface area contributed by atoms with Gasteiger partial charge in [-0.3, -0.25) is 9.78 Å². The summed E-state index contributed by atoms with van der Waals surface area (Å²) >= 11 is 12.1. The monoisotopic (exact) mass is 304 g/mol. The van der Waals surface area contributed by atoms with Crippen molar-refractivity contribution in [2.75, 3.05) is 13.1 Å². The highest BCUT2D eigenvalue weighted by atomic mass is 35.5. The maximum absolute atomic E-state index is 12.4. The summed E-state index contributed by atoms with van der Waals surface area (Å²) in [6.45, 7) is 7.52. The number of aliphatic hydroxyl groups is 1. The lowest BCUT2D eigenvalue weighted by Gasteiger charge is -2.28. The molecule has 19 heavy (non-hydrogen) atoms. The second-order valence-electron chi connectivity index (χ2n) is 5.02.